The number of fused-ring (bicyclic) bond motifs is 1. The number of carboxylic acid groups (broad SMARTS) is 1. The first-order chi connectivity index (χ1) is 8.66. The minimum atomic E-state index is -1.03. The second-order valence-electron chi connectivity index (χ2n) is 4.69. The van der Waals surface area contributed by atoms with Crippen LogP contribution in [0.25, 0.3) is 5.65 Å². The zero-order valence-electron chi connectivity index (χ0n) is 9.83. The van der Waals surface area contributed by atoms with Crippen molar-refractivity contribution in [1.82, 2.24) is 14.6 Å². The van der Waals surface area contributed by atoms with Crippen molar-refractivity contribution in [3.63, 3.8) is 0 Å². The highest BCUT2D eigenvalue weighted by molar-refractivity contribution is 5.94. The first-order valence-electron chi connectivity index (χ1n) is 6.04. The molecule has 1 aliphatic carbocycles. The molecule has 94 valence electrons. The van der Waals surface area contributed by atoms with Crippen LogP contribution in [0.2, 0.25) is 0 Å². The van der Waals surface area contributed by atoms with Crippen LogP contribution >= 0.6 is 0 Å². The van der Waals surface area contributed by atoms with Crippen molar-refractivity contribution in [2.45, 2.75) is 31.6 Å². The number of nitrogens with two attached hydrogens (primary N) is 1. The standard InChI is InChI=1S/C12H14N4O2/c13-10-5-9(7-3-1-2-4-7)15-11-8(12(17)18)6-14-16(10)11/h5-7H,1-4,13H2,(H,17,18). The van der Waals surface area contributed by atoms with Gasteiger partial charge in [0.25, 0.3) is 0 Å². The van der Waals surface area contributed by atoms with Crippen LogP contribution in [0.15, 0.2) is 12.3 Å². The van der Waals surface area contributed by atoms with E-state index in [1.54, 1.807) is 0 Å². The Kier molecular flexibility index (Phi) is 2.43. The molecule has 1 aliphatic rings. The van der Waals surface area contributed by atoms with Crippen LogP contribution in [-0.2, 0) is 0 Å². The van der Waals surface area contributed by atoms with Crippen LogP contribution in [0, 0.1) is 0 Å². The van der Waals surface area contributed by atoms with Gasteiger partial charge in [-0.15, -0.1) is 0 Å². The molecular weight excluding hydrogens is 232 g/mol. The number of carbonyl (C=O) groups is 1. The van der Waals surface area contributed by atoms with Gasteiger partial charge in [-0.1, -0.05) is 12.8 Å². The summed E-state index contributed by atoms with van der Waals surface area (Å²) in [6, 6.07) is 1.81. The molecule has 2 heterocycles. The lowest BCUT2D eigenvalue weighted by Gasteiger charge is -2.10. The number of anilines is 1. The van der Waals surface area contributed by atoms with Crippen molar-refractivity contribution < 1.29 is 9.90 Å². The average molecular weight is 246 g/mol. The van der Waals surface area contributed by atoms with Crippen LogP contribution in [0.5, 0.6) is 0 Å². The first-order valence-corrected chi connectivity index (χ1v) is 6.04. The van der Waals surface area contributed by atoms with Crippen molar-refractivity contribution in [1.29, 1.82) is 0 Å². The summed E-state index contributed by atoms with van der Waals surface area (Å²) in [6.45, 7) is 0. The fourth-order valence-electron chi connectivity index (χ4n) is 2.59. The lowest BCUT2D eigenvalue weighted by molar-refractivity contribution is 0.0699. The second-order valence-corrected chi connectivity index (χ2v) is 4.69. The highest BCUT2D eigenvalue weighted by Gasteiger charge is 2.22. The Balaban J connectivity index is 2.17. The summed E-state index contributed by atoms with van der Waals surface area (Å²) < 4.78 is 1.38. The number of hydrogen-bond acceptors (Lipinski definition) is 4. The Bertz CT molecular complexity index is 614. The molecule has 1 saturated carbocycles. The molecule has 0 aromatic carbocycles. The third kappa shape index (κ3) is 1.61. The van der Waals surface area contributed by atoms with Crippen LogP contribution in [0.4, 0.5) is 5.82 Å². The fraction of sp³-hybridized carbons (Fsp3) is 0.417. The molecule has 0 unspecified atom stereocenters. The molecule has 3 rings (SSSR count). The average Bonchev–Trinajstić information content (AvgIpc) is 2.97. The van der Waals surface area contributed by atoms with Crippen LogP contribution in [0.3, 0.4) is 0 Å². The monoisotopic (exact) mass is 246 g/mol. The van der Waals surface area contributed by atoms with E-state index in [0.717, 1.165) is 18.5 Å². The Labute approximate surface area is 103 Å². The molecular formula is C12H14N4O2. The Morgan fingerprint density at radius 2 is 2.17 bits per heavy atom. The van der Waals surface area contributed by atoms with Gasteiger partial charge >= 0.3 is 5.97 Å². The van der Waals surface area contributed by atoms with E-state index in [2.05, 4.69) is 10.1 Å². The summed E-state index contributed by atoms with van der Waals surface area (Å²) in [5, 5.41) is 13.0. The highest BCUT2D eigenvalue weighted by Crippen LogP contribution is 2.34. The van der Waals surface area contributed by atoms with Gasteiger partial charge in [-0.3, -0.25) is 0 Å². The molecule has 18 heavy (non-hydrogen) atoms. The molecule has 0 saturated heterocycles. The summed E-state index contributed by atoms with van der Waals surface area (Å²) in [4.78, 5) is 15.5. The maximum Gasteiger partial charge on any atom is 0.341 e. The summed E-state index contributed by atoms with van der Waals surface area (Å²) >= 11 is 0. The van der Waals surface area contributed by atoms with E-state index in [0.29, 0.717) is 17.4 Å². The third-order valence-corrected chi connectivity index (χ3v) is 3.52. The van der Waals surface area contributed by atoms with E-state index in [1.165, 1.54) is 23.6 Å². The van der Waals surface area contributed by atoms with Gasteiger partial charge in [0.05, 0.1) is 6.20 Å². The minimum absolute atomic E-state index is 0.0987. The molecule has 2 aromatic heterocycles. The summed E-state index contributed by atoms with van der Waals surface area (Å²) in [5.74, 6) is -0.191. The van der Waals surface area contributed by atoms with E-state index in [9.17, 15) is 4.79 Å². The molecule has 0 atom stereocenters. The van der Waals surface area contributed by atoms with E-state index in [-0.39, 0.29) is 5.56 Å². The van der Waals surface area contributed by atoms with Crippen LogP contribution in [0.1, 0.15) is 47.7 Å². The molecule has 0 amide bonds. The number of carboxylic acids is 1. The fourth-order valence-corrected chi connectivity index (χ4v) is 2.59. The summed E-state index contributed by atoms with van der Waals surface area (Å²) in [7, 11) is 0. The number of hydrogen-bond donors (Lipinski definition) is 2. The first kappa shape index (κ1) is 11.0. The van der Waals surface area contributed by atoms with Gasteiger partial charge in [-0.25, -0.2) is 9.78 Å². The molecule has 6 heteroatoms. The van der Waals surface area contributed by atoms with Crippen molar-refractivity contribution >= 4 is 17.4 Å². The topological polar surface area (TPSA) is 93.5 Å². The number of nitrogen functional groups attached to an aromatic ring is 1. The third-order valence-electron chi connectivity index (χ3n) is 3.52. The van der Waals surface area contributed by atoms with Crippen molar-refractivity contribution in [3.05, 3.63) is 23.5 Å². The maximum atomic E-state index is 11.1. The Morgan fingerprint density at radius 1 is 1.44 bits per heavy atom. The highest BCUT2D eigenvalue weighted by atomic mass is 16.4. The summed E-state index contributed by atoms with van der Waals surface area (Å²) in [6.07, 6.45) is 5.88. The Morgan fingerprint density at radius 3 is 2.83 bits per heavy atom. The van der Waals surface area contributed by atoms with Gasteiger partial charge < -0.3 is 10.8 Å². The molecule has 6 nitrogen and oxygen atoms in total. The van der Waals surface area contributed by atoms with Gasteiger partial charge in [0.1, 0.15) is 11.4 Å². The quantitative estimate of drug-likeness (QED) is 0.840. The number of nitrogens with zero attached hydrogens (tertiary/aromatic N) is 3. The van der Waals surface area contributed by atoms with Gasteiger partial charge in [-0.05, 0) is 12.8 Å². The van der Waals surface area contributed by atoms with Crippen LogP contribution in [-0.4, -0.2) is 25.7 Å². The molecule has 1 fully saturated rings. The van der Waals surface area contributed by atoms with Gasteiger partial charge in [0.2, 0.25) is 0 Å². The second kappa shape index (κ2) is 3.97. The van der Waals surface area contributed by atoms with E-state index < -0.39 is 5.97 Å². The predicted molar refractivity (Wildman–Crippen MR) is 65.6 cm³/mol. The van der Waals surface area contributed by atoms with Gasteiger partial charge in [0.15, 0.2) is 5.65 Å². The molecule has 0 aliphatic heterocycles. The molecule has 2 aromatic rings. The van der Waals surface area contributed by atoms with E-state index in [1.807, 2.05) is 6.07 Å². The molecule has 3 N–H and O–H groups in total. The van der Waals surface area contributed by atoms with Gasteiger partial charge in [-0.2, -0.15) is 9.61 Å². The normalized spacial score (nSPS) is 16.4. The SMILES string of the molecule is Nc1cc(C2CCCC2)nc2c(C(=O)O)cnn12. The lowest BCUT2D eigenvalue weighted by atomic mass is 10.0. The number of aromatic nitrogens is 3. The van der Waals surface area contributed by atoms with Gasteiger partial charge in [0, 0.05) is 17.7 Å². The number of aromatic carboxylic acids is 1. The summed E-state index contributed by atoms with van der Waals surface area (Å²) in [5.41, 5.74) is 7.23. The predicted octanol–water partition coefficient (Wildman–Crippen LogP) is 1.67. The number of rotatable bonds is 2. The minimum Gasteiger partial charge on any atom is -0.477 e. The lowest BCUT2D eigenvalue weighted by Crippen LogP contribution is -2.07. The van der Waals surface area contributed by atoms with Crippen molar-refractivity contribution in [2.75, 3.05) is 5.73 Å². The van der Waals surface area contributed by atoms with Crippen molar-refractivity contribution in [2.24, 2.45) is 0 Å². The largest absolute Gasteiger partial charge is 0.477 e. The smallest absolute Gasteiger partial charge is 0.341 e. The van der Waals surface area contributed by atoms with E-state index >= 15 is 0 Å². The zero-order valence-corrected chi connectivity index (χ0v) is 9.83. The molecule has 0 bridgehead atoms. The zero-order chi connectivity index (χ0) is 12.7. The molecule has 0 radical (unpaired) electrons. The molecule has 0 spiro atoms. The van der Waals surface area contributed by atoms with E-state index in [4.69, 9.17) is 10.8 Å². The van der Waals surface area contributed by atoms with Crippen LogP contribution < -0.4 is 5.73 Å². The maximum absolute atomic E-state index is 11.1. The van der Waals surface area contributed by atoms with Crippen molar-refractivity contribution in [3.8, 4) is 0 Å². The Hall–Kier alpha value is -2.11.